The van der Waals surface area contributed by atoms with E-state index in [0.29, 0.717) is 13.0 Å². The molecule has 0 aromatic carbocycles. The number of unbranched alkanes of at least 4 members (excludes halogenated alkanes) is 3. The number of β-lactam (4-membered cyclic amide) rings is 1. The van der Waals surface area contributed by atoms with Gasteiger partial charge in [0, 0.05) is 13.0 Å². The highest BCUT2D eigenvalue weighted by Crippen LogP contribution is 2.03. The van der Waals surface area contributed by atoms with Gasteiger partial charge in [0.25, 0.3) is 0 Å². The topological polar surface area (TPSA) is 58.2 Å². The summed E-state index contributed by atoms with van der Waals surface area (Å²) in [5, 5.41) is 5.28. The lowest BCUT2D eigenvalue weighted by atomic mass is 10.1. The Balaban J connectivity index is 2.01. The Morgan fingerprint density at radius 1 is 1.50 bits per heavy atom. The first kappa shape index (κ1) is 11.0. The first-order valence-electron chi connectivity index (χ1n) is 5.31. The van der Waals surface area contributed by atoms with Crippen molar-refractivity contribution in [2.75, 3.05) is 6.54 Å². The van der Waals surface area contributed by atoms with Crippen molar-refractivity contribution >= 4 is 11.8 Å². The van der Waals surface area contributed by atoms with Gasteiger partial charge in [-0.2, -0.15) is 0 Å². The molecule has 0 aliphatic carbocycles. The van der Waals surface area contributed by atoms with Crippen molar-refractivity contribution in [3.05, 3.63) is 0 Å². The molecule has 1 atom stereocenters. The summed E-state index contributed by atoms with van der Waals surface area (Å²) in [5.41, 5.74) is 0. The summed E-state index contributed by atoms with van der Waals surface area (Å²) in [6.07, 6.45) is 4.92. The maximum Gasteiger partial charge on any atom is 0.244 e. The summed E-state index contributed by atoms with van der Waals surface area (Å²) in [4.78, 5) is 22.1. The first-order chi connectivity index (χ1) is 6.74. The van der Waals surface area contributed by atoms with Gasteiger partial charge in [-0.25, -0.2) is 0 Å². The summed E-state index contributed by atoms with van der Waals surface area (Å²) < 4.78 is 0. The molecule has 1 aliphatic rings. The van der Waals surface area contributed by atoms with E-state index in [2.05, 4.69) is 17.6 Å². The van der Waals surface area contributed by atoms with E-state index in [0.717, 1.165) is 12.8 Å². The second-order valence-corrected chi connectivity index (χ2v) is 3.68. The lowest BCUT2D eigenvalue weighted by Gasteiger charge is -2.26. The molecule has 80 valence electrons. The Morgan fingerprint density at radius 3 is 2.79 bits per heavy atom. The fraction of sp³-hybridized carbons (Fsp3) is 0.800. The third-order valence-corrected chi connectivity index (χ3v) is 2.39. The van der Waals surface area contributed by atoms with Crippen LogP contribution >= 0.6 is 0 Å². The zero-order valence-electron chi connectivity index (χ0n) is 8.64. The molecule has 1 heterocycles. The lowest BCUT2D eigenvalue weighted by molar-refractivity contribution is -0.133. The quantitative estimate of drug-likeness (QED) is 0.484. The molecule has 0 spiro atoms. The Morgan fingerprint density at radius 2 is 2.29 bits per heavy atom. The largest absolute Gasteiger partial charge is 0.352 e. The van der Waals surface area contributed by atoms with Gasteiger partial charge in [-0.05, 0) is 6.42 Å². The molecule has 0 saturated carbocycles. The lowest BCUT2D eigenvalue weighted by Crippen LogP contribution is -2.61. The second kappa shape index (κ2) is 5.62. The van der Waals surface area contributed by atoms with Gasteiger partial charge >= 0.3 is 0 Å². The molecule has 4 heteroatoms. The van der Waals surface area contributed by atoms with Crippen molar-refractivity contribution < 1.29 is 9.59 Å². The monoisotopic (exact) mass is 198 g/mol. The van der Waals surface area contributed by atoms with E-state index in [1.54, 1.807) is 0 Å². The van der Waals surface area contributed by atoms with Crippen LogP contribution in [0.4, 0.5) is 0 Å². The van der Waals surface area contributed by atoms with Gasteiger partial charge in [-0.3, -0.25) is 9.59 Å². The summed E-state index contributed by atoms with van der Waals surface area (Å²) in [5.74, 6) is -0.0622. The molecule has 1 saturated heterocycles. The molecule has 0 radical (unpaired) electrons. The first-order valence-corrected chi connectivity index (χ1v) is 5.31. The molecular weight excluding hydrogens is 180 g/mol. The predicted molar refractivity (Wildman–Crippen MR) is 53.7 cm³/mol. The number of nitrogens with one attached hydrogen (secondary N) is 2. The normalized spacial score (nSPS) is 19.8. The highest BCUT2D eigenvalue weighted by Gasteiger charge is 2.28. The Hall–Kier alpha value is -1.06. The van der Waals surface area contributed by atoms with Gasteiger partial charge in [0.15, 0.2) is 0 Å². The van der Waals surface area contributed by atoms with Gasteiger partial charge in [0.2, 0.25) is 11.8 Å². The van der Waals surface area contributed by atoms with Crippen LogP contribution in [0.1, 0.15) is 39.0 Å². The van der Waals surface area contributed by atoms with Crippen LogP contribution in [0.25, 0.3) is 0 Å². The van der Waals surface area contributed by atoms with Crippen molar-refractivity contribution in [2.24, 2.45) is 0 Å². The molecule has 1 rings (SSSR count). The van der Waals surface area contributed by atoms with E-state index in [1.165, 1.54) is 12.8 Å². The van der Waals surface area contributed by atoms with Crippen LogP contribution in [0.2, 0.25) is 0 Å². The number of rotatable bonds is 6. The molecule has 1 aliphatic heterocycles. The number of hydrogen-bond acceptors (Lipinski definition) is 2. The van der Waals surface area contributed by atoms with Crippen molar-refractivity contribution in [1.82, 2.24) is 10.6 Å². The van der Waals surface area contributed by atoms with Crippen LogP contribution in [0.15, 0.2) is 0 Å². The van der Waals surface area contributed by atoms with Crippen LogP contribution in [-0.4, -0.2) is 24.4 Å². The molecule has 2 N–H and O–H groups in total. The Labute approximate surface area is 84.4 Å². The number of carbonyl (C=O) groups excluding carboxylic acids is 2. The Kier molecular flexibility index (Phi) is 4.43. The van der Waals surface area contributed by atoms with Gasteiger partial charge in [-0.15, -0.1) is 0 Å². The third kappa shape index (κ3) is 3.36. The zero-order valence-corrected chi connectivity index (χ0v) is 8.64. The molecule has 1 unspecified atom stereocenters. The van der Waals surface area contributed by atoms with Crippen molar-refractivity contribution in [2.45, 2.75) is 45.1 Å². The van der Waals surface area contributed by atoms with E-state index in [-0.39, 0.29) is 17.9 Å². The number of amides is 2. The average molecular weight is 198 g/mol. The summed E-state index contributed by atoms with van der Waals surface area (Å²) >= 11 is 0. The minimum atomic E-state index is -0.270. The smallest absolute Gasteiger partial charge is 0.244 e. The number of hydrogen-bond donors (Lipinski definition) is 2. The fourth-order valence-corrected chi connectivity index (χ4v) is 1.38. The molecule has 4 nitrogen and oxygen atoms in total. The molecule has 0 bridgehead atoms. The van der Waals surface area contributed by atoms with Crippen molar-refractivity contribution in [3.63, 3.8) is 0 Å². The van der Waals surface area contributed by atoms with Gasteiger partial charge in [0.1, 0.15) is 6.04 Å². The van der Waals surface area contributed by atoms with Crippen LogP contribution in [0.5, 0.6) is 0 Å². The maximum absolute atomic E-state index is 11.3. The minimum Gasteiger partial charge on any atom is -0.352 e. The van der Waals surface area contributed by atoms with Gasteiger partial charge in [-0.1, -0.05) is 26.2 Å². The third-order valence-electron chi connectivity index (χ3n) is 2.39. The SMILES string of the molecule is CCCCCCC(=O)NC1CNC1=O. The van der Waals surface area contributed by atoms with Gasteiger partial charge in [0.05, 0.1) is 0 Å². The van der Waals surface area contributed by atoms with Crippen LogP contribution < -0.4 is 10.6 Å². The van der Waals surface area contributed by atoms with Gasteiger partial charge < -0.3 is 10.6 Å². The van der Waals surface area contributed by atoms with Crippen LogP contribution in [0, 0.1) is 0 Å². The summed E-state index contributed by atoms with van der Waals surface area (Å²) in [6.45, 7) is 2.72. The number of carbonyl (C=O) groups is 2. The van der Waals surface area contributed by atoms with Crippen molar-refractivity contribution in [1.29, 1.82) is 0 Å². The molecule has 0 aromatic rings. The summed E-state index contributed by atoms with van der Waals surface area (Å²) in [7, 11) is 0. The van der Waals surface area contributed by atoms with E-state index < -0.39 is 0 Å². The molecule has 2 amide bonds. The Bertz CT molecular complexity index is 216. The molecular formula is C10H18N2O2. The second-order valence-electron chi connectivity index (χ2n) is 3.68. The van der Waals surface area contributed by atoms with E-state index >= 15 is 0 Å². The average Bonchev–Trinajstić information content (AvgIpc) is 2.19. The maximum atomic E-state index is 11.3. The molecule has 1 fully saturated rings. The predicted octanol–water partition coefficient (Wildman–Crippen LogP) is 0.571. The standard InChI is InChI=1S/C10H18N2O2/c1-2-3-4-5-6-9(13)12-8-7-11-10(8)14/h8H,2-7H2,1H3,(H,11,14)(H,12,13). The van der Waals surface area contributed by atoms with Crippen molar-refractivity contribution in [3.8, 4) is 0 Å². The van der Waals surface area contributed by atoms with E-state index in [1.807, 2.05) is 0 Å². The van der Waals surface area contributed by atoms with E-state index in [4.69, 9.17) is 0 Å². The van der Waals surface area contributed by atoms with Crippen LogP contribution in [-0.2, 0) is 9.59 Å². The summed E-state index contributed by atoms with van der Waals surface area (Å²) in [6, 6.07) is -0.270. The van der Waals surface area contributed by atoms with Crippen LogP contribution in [0.3, 0.4) is 0 Å². The van der Waals surface area contributed by atoms with E-state index in [9.17, 15) is 9.59 Å². The highest BCUT2D eigenvalue weighted by molar-refractivity contribution is 5.92. The highest BCUT2D eigenvalue weighted by atomic mass is 16.2. The molecule has 0 aromatic heterocycles. The zero-order chi connectivity index (χ0) is 10.4. The fourth-order valence-electron chi connectivity index (χ4n) is 1.38. The minimum absolute atomic E-state index is 0.000882. The molecule has 14 heavy (non-hydrogen) atoms.